The number of carbonyl (C=O) groups is 1. The number of hydrogen-bond donors (Lipinski definition) is 1. The average molecular weight is 416 g/mol. The number of anilines is 2. The number of fused-ring (bicyclic) bond motifs is 1. The van der Waals surface area contributed by atoms with E-state index in [-0.39, 0.29) is 11.8 Å². The summed E-state index contributed by atoms with van der Waals surface area (Å²) in [5, 5.41) is 3.75. The van der Waals surface area contributed by atoms with Gasteiger partial charge < -0.3 is 24.6 Å². The Morgan fingerprint density at radius 2 is 1.83 bits per heavy atom. The molecule has 1 aliphatic rings. The molecule has 0 spiro atoms. The number of carbonyl (C=O) groups excluding carboxylic acids is 1. The molecule has 1 aromatic heterocycles. The van der Waals surface area contributed by atoms with E-state index in [0.29, 0.717) is 43.4 Å². The molecule has 2 amide bonds. The maximum Gasteiger partial charge on any atom is 0.321 e. The molecule has 7 nitrogen and oxygen atoms in total. The normalized spacial score (nSPS) is 14.2. The number of nitrogens with zero attached hydrogens (tertiary/aromatic N) is 3. The summed E-state index contributed by atoms with van der Waals surface area (Å²) >= 11 is 1.47. The molecule has 0 saturated carbocycles. The van der Waals surface area contributed by atoms with Crippen LogP contribution in [-0.4, -0.2) is 56.3 Å². The van der Waals surface area contributed by atoms with Gasteiger partial charge in [-0.15, -0.1) is 0 Å². The first-order chi connectivity index (χ1) is 14.1. The van der Waals surface area contributed by atoms with Gasteiger partial charge in [-0.05, 0) is 30.3 Å². The zero-order chi connectivity index (χ0) is 20.4. The number of amides is 2. The van der Waals surface area contributed by atoms with Crippen molar-refractivity contribution in [2.24, 2.45) is 0 Å². The second kappa shape index (κ2) is 8.12. The van der Waals surface area contributed by atoms with Crippen molar-refractivity contribution in [3.63, 3.8) is 0 Å². The molecule has 0 atom stereocenters. The first-order valence-corrected chi connectivity index (χ1v) is 9.98. The highest BCUT2D eigenvalue weighted by molar-refractivity contribution is 7.22. The summed E-state index contributed by atoms with van der Waals surface area (Å²) in [5.41, 5.74) is 1.43. The SMILES string of the molecule is COc1ccc(NC(=O)N2CCN(c3nc4ccc(F)cc4s3)CC2)cc1OC. The van der Waals surface area contributed by atoms with Gasteiger partial charge in [0.1, 0.15) is 5.82 Å². The standard InChI is InChI=1S/C20H21FN4O3S/c1-27-16-6-4-14(12-17(16)28-2)22-19(26)24-7-9-25(10-8-24)20-23-15-5-3-13(21)11-18(15)29-20/h3-6,11-12H,7-10H2,1-2H3,(H,22,26). The van der Waals surface area contributed by atoms with Crippen molar-refractivity contribution >= 4 is 38.4 Å². The fourth-order valence-electron chi connectivity index (χ4n) is 3.24. The lowest BCUT2D eigenvalue weighted by Crippen LogP contribution is -2.50. The third kappa shape index (κ3) is 4.04. The minimum absolute atomic E-state index is 0.164. The Labute approximate surface area is 171 Å². The Bertz CT molecular complexity index is 1030. The summed E-state index contributed by atoms with van der Waals surface area (Å²) in [5.74, 6) is 0.904. The van der Waals surface area contributed by atoms with Gasteiger partial charge in [0.15, 0.2) is 16.6 Å². The molecule has 1 fully saturated rings. The lowest BCUT2D eigenvalue weighted by molar-refractivity contribution is 0.208. The van der Waals surface area contributed by atoms with Crippen molar-refractivity contribution in [3.05, 3.63) is 42.2 Å². The van der Waals surface area contributed by atoms with E-state index in [1.807, 2.05) is 0 Å². The molecule has 0 bridgehead atoms. The van der Waals surface area contributed by atoms with Crippen LogP contribution < -0.4 is 19.7 Å². The molecule has 0 radical (unpaired) electrons. The van der Waals surface area contributed by atoms with Gasteiger partial charge in [-0.3, -0.25) is 0 Å². The van der Waals surface area contributed by atoms with Crippen molar-refractivity contribution in [2.75, 3.05) is 50.6 Å². The lowest BCUT2D eigenvalue weighted by Gasteiger charge is -2.34. The van der Waals surface area contributed by atoms with E-state index in [2.05, 4.69) is 15.2 Å². The van der Waals surface area contributed by atoms with E-state index in [0.717, 1.165) is 15.3 Å². The molecule has 2 aromatic carbocycles. The average Bonchev–Trinajstić information content (AvgIpc) is 3.17. The van der Waals surface area contributed by atoms with E-state index in [1.54, 1.807) is 43.4 Å². The summed E-state index contributed by atoms with van der Waals surface area (Å²) in [7, 11) is 3.12. The molecule has 0 aliphatic carbocycles. The highest BCUT2D eigenvalue weighted by Crippen LogP contribution is 2.31. The number of benzene rings is 2. The van der Waals surface area contributed by atoms with E-state index in [4.69, 9.17) is 9.47 Å². The van der Waals surface area contributed by atoms with E-state index in [9.17, 15) is 9.18 Å². The summed E-state index contributed by atoms with van der Waals surface area (Å²) in [6.07, 6.45) is 0. The second-order valence-corrected chi connectivity index (χ2v) is 7.59. The quantitative estimate of drug-likeness (QED) is 0.701. The second-order valence-electron chi connectivity index (χ2n) is 6.58. The number of thiazole rings is 1. The first-order valence-electron chi connectivity index (χ1n) is 9.16. The van der Waals surface area contributed by atoms with Crippen LogP contribution in [0.3, 0.4) is 0 Å². The monoisotopic (exact) mass is 416 g/mol. The van der Waals surface area contributed by atoms with Crippen molar-refractivity contribution in [2.45, 2.75) is 0 Å². The number of aromatic nitrogens is 1. The number of halogens is 1. The van der Waals surface area contributed by atoms with Gasteiger partial charge in [0, 0.05) is 37.9 Å². The number of rotatable bonds is 4. The van der Waals surface area contributed by atoms with Gasteiger partial charge >= 0.3 is 6.03 Å². The van der Waals surface area contributed by atoms with Gasteiger partial charge in [-0.2, -0.15) is 0 Å². The summed E-state index contributed by atoms with van der Waals surface area (Å²) in [4.78, 5) is 21.1. The number of methoxy groups -OCH3 is 2. The van der Waals surface area contributed by atoms with Crippen LogP contribution in [0.4, 0.5) is 20.0 Å². The molecule has 1 saturated heterocycles. The first kappa shape index (κ1) is 19.3. The molecule has 0 unspecified atom stereocenters. The predicted octanol–water partition coefficient (Wildman–Crippen LogP) is 3.81. The molecule has 1 aliphatic heterocycles. The van der Waals surface area contributed by atoms with Gasteiger partial charge in [0.25, 0.3) is 0 Å². The molecule has 1 N–H and O–H groups in total. The molecule has 152 valence electrons. The van der Waals surface area contributed by atoms with E-state index >= 15 is 0 Å². The minimum atomic E-state index is -0.260. The molecule has 4 rings (SSSR count). The van der Waals surface area contributed by atoms with Gasteiger partial charge in [0.05, 0.1) is 24.4 Å². The third-order valence-electron chi connectivity index (χ3n) is 4.81. The molecule has 9 heteroatoms. The smallest absolute Gasteiger partial charge is 0.321 e. The minimum Gasteiger partial charge on any atom is -0.493 e. The van der Waals surface area contributed by atoms with Crippen molar-refractivity contribution < 1.29 is 18.7 Å². The Kier molecular flexibility index (Phi) is 5.39. The number of nitrogens with one attached hydrogen (secondary N) is 1. The topological polar surface area (TPSA) is 66.9 Å². The zero-order valence-electron chi connectivity index (χ0n) is 16.1. The van der Waals surface area contributed by atoms with Crippen molar-refractivity contribution in [1.82, 2.24) is 9.88 Å². The molecule has 29 heavy (non-hydrogen) atoms. The van der Waals surface area contributed by atoms with Crippen LogP contribution in [0.2, 0.25) is 0 Å². The molecule has 2 heterocycles. The predicted molar refractivity (Wildman–Crippen MR) is 112 cm³/mol. The number of ether oxygens (including phenoxy) is 2. The van der Waals surface area contributed by atoms with Crippen LogP contribution in [-0.2, 0) is 0 Å². The fraction of sp³-hybridized carbons (Fsp3) is 0.300. The van der Waals surface area contributed by atoms with E-state index in [1.165, 1.54) is 23.5 Å². The fourth-order valence-corrected chi connectivity index (χ4v) is 4.28. The molecular formula is C20H21FN4O3S. The zero-order valence-corrected chi connectivity index (χ0v) is 17.0. The Morgan fingerprint density at radius 3 is 2.55 bits per heavy atom. The van der Waals surface area contributed by atoms with Gasteiger partial charge in [0.2, 0.25) is 0 Å². The third-order valence-corrected chi connectivity index (χ3v) is 5.89. The highest BCUT2D eigenvalue weighted by atomic mass is 32.1. The Balaban J connectivity index is 1.38. The lowest BCUT2D eigenvalue weighted by atomic mass is 10.2. The van der Waals surface area contributed by atoms with Crippen LogP contribution in [0, 0.1) is 5.82 Å². The van der Waals surface area contributed by atoms with Crippen LogP contribution in [0.5, 0.6) is 11.5 Å². The van der Waals surface area contributed by atoms with Crippen LogP contribution in [0.1, 0.15) is 0 Å². The maximum absolute atomic E-state index is 13.4. The van der Waals surface area contributed by atoms with Crippen molar-refractivity contribution in [1.29, 1.82) is 0 Å². The highest BCUT2D eigenvalue weighted by Gasteiger charge is 2.23. The maximum atomic E-state index is 13.4. The van der Waals surface area contributed by atoms with Gasteiger partial charge in [-0.25, -0.2) is 14.2 Å². The largest absolute Gasteiger partial charge is 0.493 e. The Morgan fingerprint density at radius 1 is 1.07 bits per heavy atom. The van der Waals surface area contributed by atoms with Crippen LogP contribution in [0.25, 0.3) is 10.2 Å². The number of piperazine rings is 1. The van der Waals surface area contributed by atoms with Crippen LogP contribution in [0.15, 0.2) is 36.4 Å². The molecule has 3 aromatic rings. The number of urea groups is 1. The number of hydrogen-bond acceptors (Lipinski definition) is 6. The Hall–Kier alpha value is -3.07. The summed E-state index contributed by atoms with van der Waals surface area (Å²) in [6, 6.07) is 9.71. The molecular weight excluding hydrogens is 395 g/mol. The summed E-state index contributed by atoms with van der Waals surface area (Å²) < 4.78 is 24.7. The summed E-state index contributed by atoms with van der Waals surface area (Å²) in [6.45, 7) is 2.48. The van der Waals surface area contributed by atoms with Gasteiger partial charge in [-0.1, -0.05) is 11.3 Å². The van der Waals surface area contributed by atoms with Crippen LogP contribution >= 0.6 is 11.3 Å². The van der Waals surface area contributed by atoms with Crippen molar-refractivity contribution in [3.8, 4) is 11.5 Å². The van der Waals surface area contributed by atoms with E-state index < -0.39 is 0 Å².